The van der Waals surface area contributed by atoms with E-state index in [1.54, 1.807) is 18.2 Å². The fourth-order valence-electron chi connectivity index (χ4n) is 1.23. The Morgan fingerprint density at radius 1 is 1.25 bits per heavy atom. The van der Waals surface area contributed by atoms with E-state index in [2.05, 4.69) is 4.72 Å². The molecule has 0 amide bonds. The van der Waals surface area contributed by atoms with Gasteiger partial charge in [0, 0.05) is 6.42 Å². The number of hydrogen-bond acceptors (Lipinski definition) is 3. The van der Waals surface area contributed by atoms with Crippen LogP contribution in [0.5, 0.6) is 0 Å². The summed E-state index contributed by atoms with van der Waals surface area (Å²) in [4.78, 5) is 11.4. The van der Waals surface area contributed by atoms with Crippen LogP contribution in [-0.4, -0.2) is 20.7 Å². The normalized spacial score (nSPS) is 11.3. The summed E-state index contributed by atoms with van der Waals surface area (Å²) in [5.74, 6) is -0.0954. The highest BCUT2D eigenvalue weighted by molar-refractivity contribution is 7.89. The summed E-state index contributed by atoms with van der Waals surface area (Å²) in [6.07, 6.45) is 1.13. The van der Waals surface area contributed by atoms with Crippen molar-refractivity contribution in [1.29, 1.82) is 0 Å². The number of Topliss-reactive ketones (excluding diaryl/α,β-unsaturated/α-hetero) is 1. The smallest absolute Gasteiger partial charge is 0.240 e. The molecule has 0 aromatic heterocycles. The molecule has 4 nitrogen and oxygen atoms in total. The molecular weight excluding hydrogens is 226 g/mol. The Morgan fingerprint density at radius 3 is 2.44 bits per heavy atom. The number of ketones is 1. The Hall–Kier alpha value is -1.20. The third-order valence-corrected chi connectivity index (χ3v) is 3.46. The number of rotatable bonds is 6. The molecule has 0 radical (unpaired) electrons. The molecule has 0 spiro atoms. The third-order valence-electron chi connectivity index (χ3n) is 2.04. The van der Waals surface area contributed by atoms with Crippen LogP contribution in [0.3, 0.4) is 0 Å². The standard InChI is InChI=1S/C11H15NO3S/c1-2-6-10(13)9-12-16(14,15)11-7-4-3-5-8-11/h3-5,7-8,12H,2,6,9H2,1H3. The highest BCUT2D eigenvalue weighted by atomic mass is 32.2. The number of hydrogen-bond donors (Lipinski definition) is 1. The van der Waals surface area contributed by atoms with Crippen molar-refractivity contribution >= 4 is 15.8 Å². The molecule has 0 fully saturated rings. The first-order valence-electron chi connectivity index (χ1n) is 5.12. The summed E-state index contributed by atoms with van der Waals surface area (Å²) in [7, 11) is -3.54. The molecule has 0 saturated heterocycles. The van der Waals surface area contributed by atoms with Crippen molar-refractivity contribution in [1.82, 2.24) is 4.72 Å². The zero-order chi connectivity index (χ0) is 12.0. The molecule has 0 aliphatic carbocycles. The largest absolute Gasteiger partial charge is 0.298 e. The van der Waals surface area contributed by atoms with Crippen molar-refractivity contribution in [3.05, 3.63) is 30.3 Å². The quantitative estimate of drug-likeness (QED) is 0.817. The van der Waals surface area contributed by atoms with Crippen molar-refractivity contribution in [2.24, 2.45) is 0 Å². The summed E-state index contributed by atoms with van der Waals surface area (Å²) in [5, 5.41) is 0. The van der Waals surface area contributed by atoms with E-state index in [4.69, 9.17) is 0 Å². The van der Waals surface area contributed by atoms with Gasteiger partial charge in [0.15, 0.2) is 0 Å². The summed E-state index contributed by atoms with van der Waals surface area (Å²) in [6.45, 7) is 1.74. The second-order valence-corrected chi connectivity index (χ2v) is 5.19. The van der Waals surface area contributed by atoms with Crippen molar-refractivity contribution in [2.75, 3.05) is 6.54 Å². The lowest BCUT2D eigenvalue weighted by Crippen LogP contribution is -2.29. The van der Waals surface area contributed by atoms with Crippen LogP contribution < -0.4 is 4.72 Å². The number of carbonyl (C=O) groups excluding carboxylic acids is 1. The van der Waals surface area contributed by atoms with Crippen LogP contribution in [-0.2, 0) is 14.8 Å². The van der Waals surface area contributed by atoms with Gasteiger partial charge < -0.3 is 0 Å². The molecule has 16 heavy (non-hydrogen) atoms. The van der Waals surface area contributed by atoms with Gasteiger partial charge in [0.05, 0.1) is 11.4 Å². The van der Waals surface area contributed by atoms with E-state index in [0.717, 1.165) is 6.42 Å². The zero-order valence-corrected chi connectivity index (χ0v) is 9.96. The minimum Gasteiger partial charge on any atom is -0.298 e. The molecule has 0 atom stereocenters. The van der Waals surface area contributed by atoms with E-state index < -0.39 is 10.0 Å². The lowest BCUT2D eigenvalue weighted by Gasteiger charge is -2.05. The van der Waals surface area contributed by atoms with Crippen LogP contribution >= 0.6 is 0 Å². The number of carbonyl (C=O) groups is 1. The van der Waals surface area contributed by atoms with Crippen LogP contribution in [0, 0.1) is 0 Å². The lowest BCUT2D eigenvalue weighted by atomic mass is 10.2. The van der Waals surface area contributed by atoms with Crippen molar-refractivity contribution < 1.29 is 13.2 Å². The average Bonchev–Trinajstić information content (AvgIpc) is 2.28. The van der Waals surface area contributed by atoms with Crippen LogP contribution in [0.25, 0.3) is 0 Å². The molecule has 1 aromatic carbocycles. The van der Waals surface area contributed by atoms with E-state index >= 15 is 0 Å². The molecule has 1 rings (SSSR count). The van der Waals surface area contributed by atoms with E-state index in [1.165, 1.54) is 12.1 Å². The predicted octanol–water partition coefficient (Wildman–Crippen LogP) is 1.33. The van der Waals surface area contributed by atoms with Crippen LogP contribution in [0.1, 0.15) is 19.8 Å². The van der Waals surface area contributed by atoms with E-state index in [-0.39, 0.29) is 17.2 Å². The molecule has 1 N–H and O–H groups in total. The van der Waals surface area contributed by atoms with Gasteiger partial charge in [-0.05, 0) is 18.6 Å². The fraction of sp³-hybridized carbons (Fsp3) is 0.364. The Bertz CT molecular complexity index is 440. The predicted molar refractivity (Wildman–Crippen MR) is 61.5 cm³/mol. The van der Waals surface area contributed by atoms with Crippen LogP contribution in [0.15, 0.2) is 35.2 Å². The third kappa shape index (κ3) is 3.75. The summed E-state index contributed by atoms with van der Waals surface area (Å²) >= 11 is 0. The SMILES string of the molecule is CCCC(=O)CNS(=O)(=O)c1ccccc1. The Kier molecular flexibility index (Phi) is 4.64. The van der Waals surface area contributed by atoms with Gasteiger partial charge in [-0.25, -0.2) is 13.1 Å². The molecule has 1 aromatic rings. The van der Waals surface area contributed by atoms with Gasteiger partial charge in [-0.3, -0.25) is 4.79 Å². The molecule has 0 aliphatic heterocycles. The van der Waals surface area contributed by atoms with Crippen molar-refractivity contribution in [2.45, 2.75) is 24.7 Å². The average molecular weight is 241 g/mol. The van der Waals surface area contributed by atoms with Crippen molar-refractivity contribution in [3.8, 4) is 0 Å². The maximum atomic E-state index is 11.7. The van der Waals surface area contributed by atoms with Crippen molar-refractivity contribution in [3.63, 3.8) is 0 Å². The molecule has 0 unspecified atom stereocenters. The van der Waals surface area contributed by atoms with Gasteiger partial charge >= 0.3 is 0 Å². The summed E-state index contributed by atoms with van der Waals surface area (Å²) < 4.78 is 25.6. The molecule has 0 saturated carbocycles. The minimum absolute atomic E-state index is 0.0954. The van der Waals surface area contributed by atoms with Gasteiger partial charge in [0.1, 0.15) is 5.78 Å². The molecular formula is C11H15NO3S. The zero-order valence-electron chi connectivity index (χ0n) is 9.14. The molecule has 0 bridgehead atoms. The topological polar surface area (TPSA) is 63.2 Å². The van der Waals surface area contributed by atoms with Crippen LogP contribution in [0.2, 0.25) is 0 Å². The Morgan fingerprint density at radius 2 is 1.88 bits per heavy atom. The van der Waals surface area contributed by atoms with Gasteiger partial charge in [0.25, 0.3) is 0 Å². The number of nitrogens with one attached hydrogen (secondary N) is 1. The molecule has 88 valence electrons. The molecule has 0 heterocycles. The van der Waals surface area contributed by atoms with Gasteiger partial charge in [-0.2, -0.15) is 0 Å². The molecule has 0 aliphatic rings. The second kappa shape index (κ2) is 5.77. The minimum atomic E-state index is -3.54. The maximum absolute atomic E-state index is 11.7. The van der Waals surface area contributed by atoms with E-state index in [1.807, 2.05) is 6.92 Å². The first kappa shape index (κ1) is 12.9. The number of benzene rings is 1. The maximum Gasteiger partial charge on any atom is 0.240 e. The fourth-order valence-corrected chi connectivity index (χ4v) is 2.26. The number of sulfonamides is 1. The lowest BCUT2D eigenvalue weighted by molar-refractivity contribution is -0.118. The van der Waals surface area contributed by atoms with Gasteiger partial charge in [0.2, 0.25) is 10.0 Å². The highest BCUT2D eigenvalue weighted by Gasteiger charge is 2.14. The van der Waals surface area contributed by atoms with E-state index in [9.17, 15) is 13.2 Å². The van der Waals surface area contributed by atoms with Crippen LogP contribution in [0.4, 0.5) is 0 Å². The van der Waals surface area contributed by atoms with E-state index in [0.29, 0.717) is 6.42 Å². The second-order valence-electron chi connectivity index (χ2n) is 3.43. The Labute approximate surface area is 95.7 Å². The summed E-state index contributed by atoms with van der Waals surface area (Å²) in [6, 6.07) is 8.01. The molecule has 5 heteroatoms. The summed E-state index contributed by atoms with van der Waals surface area (Å²) in [5.41, 5.74) is 0. The van der Waals surface area contributed by atoms with Gasteiger partial charge in [-0.1, -0.05) is 25.1 Å². The first-order chi connectivity index (χ1) is 7.56. The van der Waals surface area contributed by atoms with Gasteiger partial charge in [-0.15, -0.1) is 0 Å². The monoisotopic (exact) mass is 241 g/mol. The highest BCUT2D eigenvalue weighted by Crippen LogP contribution is 2.06. The first-order valence-corrected chi connectivity index (χ1v) is 6.61. The Balaban J connectivity index is 2.64.